The Bertz CT molecular complexity index is 661. The lowest BCUT2D eigenvalue weighted by Gasteiger charge is -2.36. The third kappa shape index (κ3) is 4.07. The molecule has 2 heterocycles. The molecule has 0 aliphatic carbocycles. The summed E-state index contributed by atoms with van der Waals surface area (Å²) in [4.78, 5) is 29.9. The van der Waals surface area contributed by atoms with Crippen LogP contribution in [0.4, 0.5) is 5.69 Å². The Morgan fingerprint density at radius 1 is 1.20 bits per heavy atom. The van der Waals surface area contributed by atoms with Crippen molar-refractivity contribution in [1.29, 1.82) is 0 Å². The van der Waals surface area contributed by atoms with Gasteiger partial charge in [-0.05, 0) is 38.1 Å². The first-order valence-corrected chi connectivity index (χ1v) is 8.99. The summed E-state index contributed by atoms with van der Waals surface area (Å²) in [6, 6.07) is 7.75. The molecular weight excluding hydrogens is 342 g/mol. The Balaban J connectivity index is 1.50. The van der Waals surface area contributed by atoms with Gasteiger partial charge in [0.15, 0.2) is 0 Å². The van der Waals surface area contributed by atoms with Crippen molar-refractivity contribution in [1.82, 2.24) is 9.80 Å². The summed E-state index contributed by atoms with van der Waals surface area (Å²) in [6.07, 6.45) is 0.595. The number of carbonyl (C=O) groups is 2. The van der Waals surface area contributed by atoms with Crippen LogP contribution >= 0.6 is 11.6 Å². The average molecular weight is 366 g/mol. The van der Waals surface area contributed by atoms with Gasteiger partial charge >= 0.3 is 5.97 Å². The van der Waals surface area contributed by atoms with Crippen LogP contribution in [-0.2, 0) is 9.59 Å². The van der Waals surface area contributed by atoms with Gasteiger partial charge < -0.3 is 14.9 Å². The maximum atomic E-state index is 12.5. The summed E-state index contributed by atoms with van der Waals surface area (Å²) in [5.41, 5.74) is 0.349. The van der Waals surface area contributed by atoms with Crippen LogP contribution in [0.2, 0.25) is 5.02 Å². The lowest BCUT2D eigenvalue weighted by molar-refractivity contribution is -0.147. The normalized spacial score (nSPS) is 24.6. The van der Waals surface area contributed by atoms with Crippen LogP contribution in [0.5, 0.6) is 0 Å². The molecular formula is C18H24ClN3O3. The molecule has 6 nitrogen and oxygen atoms in total. The number of carboxylic acids is 1. The van der Waals surface area contributed by atoms with Crippen molar-refractivity contribution in [3.05, 3.63) is 29.3 Å². The summed E-state index contributed by atoms with van der Waals surface area (Å²) >= 11 is 6.05. The van der Waals surface area contributed by atoms with Crippen molar-refractivity contribution in [2.75, 3.05) is 50.7 Å². The molecule has 0 radical (unpaired) electrons. The van der Waals surface area contributed by atoms with E-state index < -0.39 is 11.4 Å². The number of hydrogen-bond acceptors (Lipinski definition) is 4. The number of hydrogen-bond donors (Lipinski definition) is 1. The second-order valence-electron chi connectivity index (χ2n) is 7.17. The van der Waals surface area contributed by atoms with Crippen molar-refractivity contribution >= 4 is 29.2 Å². The van der Waals surface area contributed by atoms with E-state index in [0.29, 0.717) is 44.2 Å². The molecule has 2 aliphatic heterocycles. The zero-order chi connectivity index (χ0) is 18.0. The zero-order valence-corrected chi connectivity index (χ0v) is 15.2. The first-order valence-electron chi connectivity index (χ1n) is 8.61. The monoisotopic (exact) mass is 365 g/mol. The number of carbonyl (C=O) groups excluding carboxylic acids is 1. The van der Waals surface area contributed by atoms with E-state index in [1.165, 1.54) is 0 Å². The van der Waals surface area contributed by atoms with E-state index in [1.807, 2.05) is 34.1 Å². The molecule has 1 atom stereocenters. The minimum Gasteiger partial charge on any atom is -0.481 e. The fourth-order valence-electron chi connectivity index (χ4n) is 3.54. The summed E-state index contributed by atoms with van der Waals surface area (Å²) in [5, 5.41) is 10.0. The number of piperazine rings is 1. The van der Waals surface area contributed by atoms with Crippen molar-refractivity contribution in [2.24, 2.45) is 5.41 Å². The second-order valence-corrected chi connectivity index (χ2v) is 7.61. The summed E-state index contributed by atoms with van der Waals surface area (Å²) in [7, 11) is 0. The quantitative estimate of drug-likeness (QED) is 0.881. The molecule has 1 unspecified atom stereocenters. The predicted octanol–water partition coefficient (Wildman–Crippen LogP) is 1.79. The standard InChI is InChI=1S/C18H24ClN3O3/c1-18(17(24)25)5-6-20(13-18)12-16(23)22-9-7-21(8-10-22)15-4-2-3-14(19)11-15/h2-4,11H,5-10,12-13H2,1H3,(H,24,25). The number of aliphatic carboxylic acids is 1. The number of likely N-dealkylation sites (tertiary alicyclic amines) is 1. The molecule has 2 fully saturated rings. The molecule has 1 aromatic rings. The topological polar surface area (TPSA) is 64.1 Å². The number of amides is 1. The van der Waals surface area contributed by atoms with E-state index >= 15 is 0 Å². The van der Waals surface area contributed by atoms with Gasteiger partial charge in [0.1, 0.15) is 0 Å². The van der Waals surface area contributed by atoms with Crippen molar-refractivity contribution < 1.29 is 14.7 Å². The second kappa shape index (κ2) is 7.22. The van der Waals surface area contributed by atoms with E-state index in [-0.39, 0.29) is 5.91 Å². The van der Waals surface area contributed by atoms with Crippen LogP contribution in [0.25, 0.3) is 0 Å². The summed E-state index contributed by atoms with van der Waals surface area (Å²) in [5.74, 6) is -0.696. The fraction of sp³-hybridized carbons (Fsp3) is 0.556. The van der Waals surface area contributed by atoms with Crippen LogP contribution < -0.4 is 4.90 Å². The summed E-state index contributed by atoms with van der Waals surface area (Å²) in [6.45, 7) is 6.07. The van der Waals surface area contributed by atoms with E-state index in [4.69, 9.17) is 11.6 Å². The first kappa shape index (κ1) is 18.0. The molecule has 2 aliphatic rings. The average Bonchev–Trinajstić information content (AvgIpc) is 2.97. The number of carboxylic acid groups (broad SMARTS) is 1. The van der Waals surface area contributed by atoms with E-state index in [2.05, 4.69) is 4.90 Å². The van der Waals surface area contributed by atoms with Crippen LogP contribution in [0.1, 0.15) is 13.3 Å². The Labute approximate surface area is 152 Å². The third-order valence-electron chi connectivity index (χ3n) is 5.23. The Kier molecular flexibility index (Phi) is 5.20. The van der Waals surface area contributed by atoms with Gasteiger partial charge in [0, 0.05) is 43.4 Å². The molecule has 136 valence electrons. The van der Waals surface area contributed by atoms with Crippen LogP contribution in [0.3, 0.4) is 0 Å². The first-order chi connectivity index (χ1) is 11.9. The van der Waals surface area contributed by atoms with Gasteiger partial charge in [-0.25, -0.2) is 0 Å². The third-order valence-corrected chi connectivity index (χ3v) is 5.47. The molecule has 3 rings (SSSR count). The lowest BCUT2D eigenvalue weighted by atomic mass is 9.90. The molecule has 1 aromatic carbocycles. The molecule has 2 saturated heterocycles. The number of anilines is 1. The number of nitrogens with zero attached hydrogens (tertiary/aromatic N) is 3. The maximum absolute atomic E-state index is 12.5. The van der Waals surface area contributed by atoms with Crippen molar-refractivity contribution in [2.45, 2.75) is 13.3 Å². The van der Waals surface area contributed by atoms with Crippen molar-refractivity contribution in [3.8, 4) is 0 Å². The fourth-order valence-corrected chi connectivity index (χ4v) is 3.73. The van der Waals surface area contributed by atoms with Crippen LogP contribution in [0.15, 0.2) is 24.3 Å². The molecule has 7 heteroatoms. The Hall–Kier alpha value is -1.79. The van der Waals surface area contributed by atoms with Gasteiger partial charge in [0.25, 0.3) is 0 Å². The number of benzene rings is 1. The smallest absolute Gasteiger partial charge is 0.310 e. The Morgan fingerprint density at radius 3 is 2.52 bits per heavy atom. The highest BCUT2D eigenvalue weighted by Crippen LogP contribution is 2.30. The minimum absolute atomic E-state index is 0.0837. The van der Waals surface area contributed by atoms with E-state index in [0.717, 1.165) is 18.8 Å². The van der Waals surface area contributed by atoms with Gasteiger partial charge in [0.05, 0.1) is 12.0 Å². The molecule has 25 heavy (non-hydrogen) atoms. The van der Waals surface area contributed by atoms with Crippen LogP contribution in [-0.4, -0.2) is 72.6 Å². The zero-order valence-electron chi connectivity index (χ0n) is 14.4. The van der Waals surface area contributed by atoms with Gasteiger partial charge in [-0.1, -0.05) is 17.7 Å². The molecule has 1 N–H and O–H groups in total. The van der Waals surface area contributed by atoms with Crippen molar-refractivity contribution in [3.63, 3.8) is 0 Å². The van der Waals surface area contributed by atoms with E-state index in [9.17, 15) is 14.7 Å². The van der Waals surface area contributed by atoms with Gasteiger partial charge in [-0.3, -0.25) is 14.5 Å². The van der Waals surface area contributed by atoms with Gasteiger partial charge in [-0.15, -0.1) is 0 Å². The highest BCUT2D eigenvalue weighted by atomic mass is 35.5. The highest BCUT2D eigenvalue weighted by molar-refractivity contribution is 6.30. The maximum Gasteiger partial charge on any atom is 0.310 e. The predicted molar refractivity (Wildman–Crippen MR) is 97.0 cm³/mol. The summed E-state index contributed by atoms with van der Waals surface area (Å²) < 4.78 is 0. The molecule has 0 aromatic heterocycles. The highest BCUT2D eigenvalue weighted by Gasteiger charge is 2.41. The van der Waals surface area contributed by atoms with Gasteiger partial charge in [0.2, 0.25) is 5.91 Å². The van der Waals surface area contributed by atoms with E-state index in [1.54, 1.807) is 6.92 Å². The van der Waals surface area contributed by atoms with Crippen LogP contribution in [0, 0.1) is 5.41 Å². The lowest BCUT2D eigenvalue weighted by Crippen LogP contribution is -2.51. The molecule has 1 amide bonds. The van der Waals surface area contributed by atoms with Gasteiger partial charge in [-0.2, -0.15) is 0 Å². The molecule has 0 spiro atoms. The molecule has 0 saturated carbocycles. The minimum atomic E-state index is -0.780. The number of rotatable bonds is 4. The largest absolute Gasteiger partial charge is 0.481 e. The molecule has 0 bridgehead atoms. The number of halogens is 1. The Morgan fingerprint density at radius 2 is 1.92 bits per heavy atom. The SMILES string of the molecule is CC1(C(=O)O)CCN(CC(=O)N2CCN(c3cccc(Cl)c3)CC2)C1.